The van der Waals surface area contributed by atoms with Crippen LogP contribution in [0, 0.1) is 0 Å². The van der Waals surface area contributed by atoms with Gasteiger partial charge in [-0.15, -0.1) is 0 Å². The number of aliphatic hydroxyl groups is 3. The molecule has 7 heavy (non-hydrogen) atoms. The molecule has 0 rings (SSSR count). The second-order valence-corrected chi connectivity index (χ2v) is 0.788. The maximum atomic E-state index is 9.12. The fraction of sp³-hybridized carbons (Fsp3) is 0.500. The Morgan fingerprint density at radius 2 is 1.86 bits per heavy atom. The highest BCUT2D eigenvalue weighted by Gasteiger charge is 2.18. The van der Waals surface area contributed by atoms with Gasteiger partial charge in [0.25, 0.3) is 6.47 Å². The molecule has 42 valence electrons. The number of hydrogen-bond acceptors (Lipinski definition) is 5. The monoisotopic (exact) mass is 108 g/mol. The van der Waals surface area contributed by atoms with Crippen LogP contribution in [0.5, 0.6) is 0 Å². The maximum absolute atomic E-state index is 9.12. The van der Waals surface area contributed by atoms with Crippen molar-refractivity contribution >= 4 is 6.47 Å². The number of rotatable bonds is 2. The van der Waals surface area contributed by atoms with Crippen LogP contribution in [-0.4, -0.2) is 28.0 Å². The summed E-state index contributed by atoms with van der Waals surface area (Å²) < 4.78 is 3.22. The number of hydrogen-bond donors (Lipinski definition) is 3. The highest BCUT2D eigenvalue weighted by atomic mass is 16.9. The van der Waals surface area contributed by atoms with Crippen molar-refractivity contribution in [3.63, 3.8) is 0 Å². The van der Waals surface area contributed by atoms with Crippen molar-refractivity contribution in [1.82, 2.24) is 0 Å². The quantitative estimate of drug-likeness (QED) is 0.274. The minimum atomic E-state index is -3.32. The third-order valence-corrected chi connectivity index (χ3v) is 0.206. The molecule has 0 heterocycles. The average molecular weight is 108 g/mol. The van der Waals surface area contributed by atoms with E-state index >= 15 is 0 Å². The van der Waals surface area contributed by atoms with Crippen LogP contribution in [0.2, 0.25) is 0 Å². The van der Waals surface area contributed by atoms with Crippen LogP contribution < -0.4 is 0 Å². The van der Waals surface area contributed by atoms with Crippen molar-refractivity contribution < 1.29 is 24.9 Å². The van der Waals surface area contributed by atoms with Crippen LogP contribution in [0.25, 0.3) is 0 Å². The summed E-state index contributed by atoms with van der Waals surface area (Å²) in [6.07, 6.45) is -3.32. The van der Waals surface area contributed by atoms with Gasteiger partial charge < -0.3 is 20.1 Å². The molecule has 0 aromatic rings. The molecule has 0 aromatic carbocycles. The molecule has 0 amide bonds. The molecule has 0 saturated carbocycles. The van der Waals surface area contributed by atoms with Gasteiger partial charge in [-0.3, -0.25) is 4.79 Å². The molecule has 0 radical (unpaired) electrons. The smallest absolute Gasteiger partial charge is 0.387 e. The van der Waals surface area contributed by atoms with Gasteiger partial charge in [0.2, 0.25) is 0 Å². The van der Waals surface area contributed by atoms with Gasteiger partial charge in [-0.25, -0.2) is 0 Å². The summed E-state index contributed by atoms with van der Waals surface area (Å²) in [6.45, 7) is -0.292. The van der Waals surface area contributed by atoms with Gasteiger partial charge in [0.1, 0.15) is 0 Å². The molecule has 3 N–H and O–H groups in total. The van der Waals surface area contributed by atoms with E-state index in [1.807, 2.05) is 0 Å². The Labute approximate surface area is 38.8 Å². The minimum absolute atomic E-state index is 0.292. The Morgan fingerprint density at radius 3 is 1.86 bits per heavy atom. The molecule has 0 aliphatic rings. The molecule has 0 saturated heterocycles. The first kappa shape index (κ1) is 6.35. The molecule has 0 aromatic heterocycles. The maximum Gasteiger partial charge on any atom is 0.455 e. The lowest BCUT2D eigenvalue weighted by atomic mass is 11.1. The molecule has 0 fully saturated rings. The van der Waals surface area contributed by atoms with Crippen molar-refractivity contribution in [2.45, 2.75) is 6.16 Å². The van der Waals surface area contributed by atoms with E-state index in [4.69, 9.17) is 20.1 Å². The van der Waals surface area contributed by atoms with Crippen LogP contribution >= 0.6 is 0 Å². The van der Waals surface area contributed by atoms with E-state index in [2.05, 4.69) is 4.74 Å². The molecule has 5 nitrogen and oxygen atoms in total. The predicted molar refractivity (Wildman–Crippen MR) is 16.5 cm³/mol. The molecule has 0 bridgehead atoms. The highest BCUT2D eigenvalue weighted by Crippen LogP contribution is 1.88. The lowest BCUT2D eigenvalue weighted by Gasteiger charge is -2.07. The van der Waals surface area contributed by atoms with E-state index in [1.165, 1.54) is 0 Å². The van der Waals surface area contributed by atoms with Crippen LogP contribution in [0.3, 0.4) is 0 Å². The molecule has 0 atom stereocenters. The molecular weight excluding hydrogens is 104 g/mol. The summed E-state index contributed by atoms with van der Waals surface area (Å²) >= 11 is 0. The lowest BCUT2D eigenvalue weighted by Crippen LogP contribution is -2.30. The minimum Gasteiger partial charge on any atom is -0.387 e. The first-order valence-corrected chi connectivity index (χ1v) is 1.35. The van der Waals surface area contributed by atoms with Gasteiger partial charge in [-0.1, -0.05) is 0 Å². The Hall–Kier alpha value is -0.650. The predicted octanol–water partition coefficient (Wildman–Crippen LogP) is -2.25. The summed E-state index contributed by atoms with van der Waals surface area (Å²) in [5.74, 6) is 0. The van der Waals surface area contributed by atoms with E-state index in [-0.39, 0.29) is 6.47 Å². The number of ether oxygens (including phenoxy) is 1. The fourth-order valence-electron chi connectivity index (χ4n) is 0.0645. The van der Waals surface area contributed by atoms with Gasteiger partial charge in [0.15, 0.2) is 0 Å². The second kappa shape index (κ2) is 1.87. The summed E-state index contributed by atoms with van der Waals surface area (Å²) in [5, 5.41) is 23.0. The summed E-state index contributed by atoms with van der Waals surface area (Å²) in [7, 11) is 0. The largest absolute Gasteiger partial charge is 0.455 e. The van der Waals surface area contributed by atoms with E-state index < -0.39 is 6.16 Å². The van der Waals surface area contributed by atoms with Crippen molar-refractivity contribution in [3.8, 4) is 0 Å². The van der Waals surface area contributed by atoms with E-state index in [1.54, 1.807) is 0 Å². The SMILES string of the molecule is O=COC(O)(O)O. The molecule has 5 heteroatoms. The Morgan fingerprint density at radius 1 is 1.43 bits per heavy atom. The molecule has 0 aliphatic heterocycles. The zero-order chi connectivity index (χ0) is 5.91. The Balaban J connectivity index is 3.34. The zero-order valence-electron chi connectivity index (χ0n) is 3.24. The van der Waals surface area contributed by atoms with Crippen LogP contribution in [0.15, 0.2) is 0 Å². The molecular formula is C2H4O5. The number of carbonyl (C=O) groups is 1. The van der Waals surface area contributed by atoms with E-state index in [0.717, 1.165) is 0 Å². The van der Waals surface area contributed by atoms with Crippen LogP contribution in [0.4, 0.5) is 0 Å². The van der Waals surface area contributed by atoms with Crippen molar-refractivity contribution in [2.24, 2.45) is 0 Å². The Bertz CT molecular complexity index is 61.0. The topological polar surface area (TPSA) is 87.0 Å². The van der Waals surface area contributed by atoms with Crippen LogP contribution in [0.1, 0.15) is 0 Å². The van der Waals surface area contributed by atoms with Gasteiger partial charge in [0.05, 0.1) is 0 Å². The summed E-state index contributed by atoms with van der Waals surface area (Å²) in [6, 6.07) is 0. The average Bonchev–Trinajstić information content (AvgIpc) is 1.30. The zero-order valence-corrected chi connectivity index (χ0v) is 3.24. The first-order chi connectivity index (χ1) is 3.06. The van der Waals surface area contributed by atoms with Gasteiger partial charge >= 0.3 is 6.16 Å². The summed E-state index contributed by atoms with van der Waals surface area (Å²) in [5.41, 5.74) is 0. The first-order valence-electron chi connectivity index (χ1n) is 1.35. The Kier molecular flexibility index (Phi) is 1.70. The van der Waals surface area contributed by atoms with Crippen molar-refractivity contribution in [2.75, 3.05) is 0 Å². The van der Waals surface area contributed by atoms with E-state index in [9.17, 15) is 0 Å². The molecule has 0 unspecified atom stereocenters. The van der Waals surface area contributed by atoms with Gasteiger partial charge in [-0.05, 0) is 0 Å². The molecule has 0 aliphatic carbocycles. The normalized spacial score (nSPS) is 10.7. The number of carbonyl (C=O) groups excluding carboxylic acids is 1. The standard InChI is InChI=1S/C2H4O5/c3-1-7-2(4,5)6/h1,4-6H. The van der Waals surface area contributed by atoms with Crippen LogP contribution in [-0.2, 0) is 9.53 Å². The highest BCUT2D eigenvalue weighted by molar-refractivity contribution is 5.37. The second-order valence-electron chi connectivity index (χ2n) is 0.788. The van der Waals surface area contributed by atoms with Crippen molar-refractivity contribution in [3.05, 3.63) is 0 Å². The summed E-state index contributed by atoms with van der Waals surface area (Å²) in [4.78, 5) is 9.12. The third-order valence-electron chi connectivity index (χ3n) is 0.206. The molecule has 0 spiro atoms. The van der Waals surface area contributed by atoms with E-state index in [0.29, 0.717) is 0 Å². The third kappa shape index (κ3) is 5.35. The fourth-order valence-corrected chi connectivity index (χ4v) is 0.0645. The van der Waals surface area contributed by atoms with Gasteiger partial charge in [-0.2, -0.15) is 0 Å². The van der Waals surface area contributed by atoms with Gasteiger partial charge in [0, 0.05) is 0 Å². The van der Waals surface area contributed by atoms with Crippen molar-refractivity contribution in [1.29, 1.82) is 0 Å². The lowest BCUT2D eigenvalue weighted by molar-refractivity contribution is -0.431.